The van der Waals surface area contributed by atoms with E-state index in [0.29, 0.717) is 0 Å². The molecule has 0 unspecified atom stereocenters. The number of urea groups is 2. The largest absolute Gasteiger partial charge is 0.370 e. The van der Waals surface area contributed by atoms with E-state index in [-0.39, 0.29) is 0 Å². The minimum Gasteiger partial charge on any atom is -0.244 e. The summed E-state index contributed by atoms with van der Waals surface area (Å²) < 4.78 is 0. The summed E-state index contributed by atoms with van der Waals surface area (Å²) in [5.74, 6) is 0. The van der Waals surface area contributed by atoms with Gasteiger partial charge in [0.2, 0.25) is 0 Å². The van der Waals surface area contributed by atoms with Crippen LogP contribution >= 0.6 is 37.2 Å². The third-order valence-electron chi connectivity index (χ3n) is 0.795. The van der Waals surface area contributed by atoms with E-state index in [0.717, 1.165) is 4.90 Å². The molecule has 1 heterocycles. The Balaban J connectivity index is 0.000000371. The van der Waals surface area contributed by atoms with Crippen LogP contribution in [0.3, 0.4) is 0 Å². The van der Waals surface area contributed by atoms with E-state index in [2.05, 4.69) is 47.5 Å². The first-order chi connectivity index (χ1) is 4.72. The van der Waals surface area contributed by atoms with Gasteiger partial charge in [-0.05, 0) is 0 Å². The van der Waals surface area contributed by atoms with E-state index in [1.165, 1.54) is 7.05 Å². The molecule has 0 radical (unpaired) electrons. The Morgan fingerprint density at radius 2 is 1.50 bits per heavy atom. The average molecular weight is 367 g/mol. The number of halogens is 2. The van der Waals surface area contributed by atoms with Crippen molar-refractivity contribution in [1.29, 1.82) is 0 Å². The predicted octanol–water partition coefficient (Wildman–Crippen LogP) is 2.40. The Hall–Kier alpha value is 0.200. The second kappa shape index (κ2) is 4.93. The van der Waals surface area contributed by atoms with Crippen LogP contribution in [-0.2, 0) is 0 Å². The molecule has 10 heavy (non-hydrogen) atoms. The van der Waals surface area contributed by atoms with Crippen molar-refractivity contribution in [2.45, 2.75) is 0 Å². The number of azo groups is 1. The van der Waals surface area contributed by atoms with Crippen molar-refractivity contribution < 1.29 is 9.59 Å². The quantitative estimate of drug-likeness (QED) is 0.618. The molecule has 0 N–H and O–H groups in total. The lowest BCUT2D eigenvalue weighted by Gasteiger charge is -1.96. The first-order valence-corrected chi connectivity index (χ1v) is 8.38. The Morgan fingerprint density at radius 3 is 1.60 bits per heavy atom. The van der Waals surface area contributed by atoms with Gasteiger partial charge in [-0.2, -0.15) is 0 Å². The molecule has 0 bridgehead atoms. The first kappa shape index (κ1) is 10.2. The van der Waals surface area contributed by atoms with Gasteiger partial charge in [-0.3, -0.25) is 0 Å². The van der Waals surface area contributed by atoms with Crippen LogP contribution < -0.4 is 0 Å². The second-order valence-corrected chi connectivity index (χ2v) is 1.32. The van der Waals surface area contributed by atoms with Gasteiger partial charge < -0.3 is 0 Å². The van der Waals surface area contributed by atoms with Crippen molar-refractivity contribution in [3.8, 4) is 0 Å². The number of amides is 4. The zero-order chi connectivity index (χ0) is 8.15. The molecule has 0 atom stereocenters. The molecule has 56 valence electrons. The van der Waals surface area contributed by atoms with E-state index in [1.54, 1.807) is 0 Å². The summed E-state index contributed by atoms with van der Waals surface area (Å²) in [6.07, 6.45) is 0. The molecule has 0 aromatic rings. The molecule has 7 heteroatoms. The highest BCUT2D eigenvalue weighted by Gasteiger charge is 2.21. The summed E-state index contributed by atoms with van der Waals surface area (Å²) in [6.45, 7) is 0. The number of imide groups is 1. The molecular weight excluding hydrogens is 364 g/mol. The molecule has 1 aliphatic rings. The van der Waals surface area contributed by atoms with Crippen LogP contribution in [0.5, 0.6) is 0 Å². The molecule has 1 aliphatic heterocycles. The maximum atomic E-state index is 10.2. The van der Waals surface area contributed by atoms with Gasteiger partial charge in [0.25, 0.3) is 0 Å². The van der Waals surface area contributed by atoms with Gasteiger partial charge in [0.05, 0.1) is 0 Å². The van der Waals surface area contributed by atoms with Gasteiger partial charge in [-0.1, -0.05) is 10.2 Å². The van der Waals surface area contributed by atoms with Gasteiger partial charge in [-0.25, -0.2) is 14.5 Å². The lowest BCUT2D eigenvalue weighted by molar-refractivity contribution is 0.214. The highest BCUT2D eigenvalue weighted by atomic mass is 128. The van der Waals surface area contributed by atoms with E-state index in [9.17, 15) is 9.59 Å². The minimum absolute atomic E-state index is 0.602. The van der Waals surface area contributed by atoms with E-state index < -0.39 is 12.1 Å². The standard InChI is InChI=1S/C3H3N3O2.I2/c1-6-2(7)4-5-3(6)8;1-2/h1H3;. The first-order valence-electron chi connectivity index (χ1n) is 2.09. The maximum Gasteiger partial charge on any atom is 0.370 e. The highest BCUT2D eigenvalue weighted by Crippen LogP contribution is 2.01. The normalized spacial score (nSPS) is 15.3. The maximum absolute atomic E-state index is 10.2. The van der Waals surface area contributed by atoms with Crippen LogP contribution in [0.15, 0.2) is 10.2 Å². The molecule has 0 saturated carbocycles. The molecule has 0 fully saturated rings. The Bertz CT molecular complexity index is 163. The van der Waals surface area contributed by atoms with Gasteiger partial charge in [0, 0.05) is 44.3 Å². The summed E-state index contributed by atoms with van der Waals surface area (Å²) in [4.78, 5) is 21.3. The van der Waals surface area contributed by atoms with Gasteiger partial charge >= 0.3 is 12.1 Å². The molecule has 1 rings (SSSR count). The van der Waals surface area contributed by atoms with Crippen molar-refractivity contribution in [3.05, 3.63) is 0 Å². The lowest BCUT2D eigenvalue weighted by atomic mass is 10.8. The zero-order valence-corrected chi connectivity index (χ0v) is 9.23. The number of hydrogen-bond acceptors (Lipinski definition) is 2. The number of nitrogens with zero attached hydrogens (tertiary/aromatic N) is 3. The third kappa shape index (κ3) is 2.44. The van der Waals surface area contributed by atoms with Crippen LogP contribution in [0.1, 0.15) is 0 Å². The van der Waals surface area contributed by atoms with Crippen LogP contribution in [0, 0.1) is 0 Å². The molecule has 5 nitrogen and oxygen atoms in total. The third-order valence-corrected chi connectivity index (χ3v) is 0.795. The van der Waals surface area contributed by atoms with Crippen molar-refractivity contribution >= 4 is 49.3 Å². The predicted molar refractivity (Wildman–Crippen MR) is 51.5 cm³/mol. The Kier molecular flexibility index (Phi) is 5.03. The van der Waals surface area contributed by atoms with Crippen LogP contribution in [0.25, 0.3) is 0 Å². The molecule has 0 aromatic heterocycles. The van der Waals surface area contributed by atoms with Crippen molar-refractivity contribution in [2.24, 2.45) is 10.2 Å². The topological polar surface area (TPSA) is 62.1 Å². The Morgan fingerprint density at radius 1 is 1.20 bits per heavy atom. The van der Waals surface area contributed by atoms with E-state index in [1.807, 2.05) is 0 Å². The molecule has 0 saturated heterocycles. The number of carbonyl (C=O) groups excluding carboxylic acids is 2. The summed E-state index contributed by atoms with van der Waals surface area (Å²) >= 11 is 4.24. The van der Waals surface area contributed by atoms with E-state index >= 15 is 0 Å². The Labute approximate surface area is 80.6 Å². The summed E-state index contributed by atoms with van der Waals surface area (Å²) in [6, 6.07) is -1.20. The zero-order valence-electron chi connectivity index (χ0n) is 4.91. The smallest absolute Gasteiger partial charge is 0.244 e. The summed E-state index contributed by atoms with van der Waals surface area (Å²) in [5.41, 5.74) is 0. The fourth-order valence-electron chi connectivity index (χ4n) is 0.302. The second-order valence-electron chi connectivity index (χ2n) is 1.32. The van der Waals surface area contributed by atoms with Crippen molar-refractivity contribution in [1.82, 2.24) is 4.90 Å². The molecule has 4 amide bonds. The molecule has 0 aromatic carbocycles. The SMILES string of the molecule is CN1C(=O)N=NC1=O.II. The monoisotopic (exact) mass is 367 g/mol. The summed E-state index contributed by atoms with van der Waals surface area (Å²) in [5, 5.41) is 5.92. The lowest BCUT2D eigenvalue weighted by Crippen LogP contribution is -2.21. The molecular formula is C3H3I2N3O2. The average Bonchev–Trinajstić information content (AvgIpc) is 2.25. The fraction of sp³-hybridized carbons (Fsp3) is 0.333. The van der Waals surface area contributed by atoms with Gasteiger partial charge in [0.1, 0.15) is 0 Å². The number of rotatable bonds is 0. The van der Waals surface area contributed by atoms with E-state index in [4.69, 9.17) is 0 Å². The summed E-state index contributed by atoms with van der Waals surface area (Å²) in [7, 11) is 1.32. The van der Waals surface area contributed by atoms with Crippen LogP contribution in [0.4, 0.5) is 9.59 Å². The molecule has 0 spiro atoms. The fourth-order valence-corrected chi connectivity index (χ4v) is 0.302. The van der Waals surface area contributed by atoms with Gasteiger partial charge in [-0.15, -0.1) is 0 Å². The number of carbonyl (C=O) groups is 2. The van der Waals surface area contributed by atoms with Gasteiger partial charge in [0.15, 0.2) is 0 Å². The van der Waals surface area contributed by atoms with Crippen molar-refractivity contribution in [2.75, 3.05) is 7.05 Å². The minimum atomic E-state index is -0.602. The number of hydrogen-bond donors (Lipinski definition) is 0. The highest BCUT2D eigenvalue weighted by molar-refractivity contribution is 15.0. The van der Waals surface area contributed by atoms with Crippen molar-refractivity contribution in [3.63, 3.8) is 0 Å². The molecule has 0 aliphatic carbocycles. The van der Waals surface area contributed by atoms with Crippen LogP contribution in [-0.4, -0.2) is 24.0 Å². The van der Waals surface area contributed by atoms with Crippen LogP contribution in [0.2, 0.25) is 0 Å².